The lowest BCUT2D eigenvalue weighted by Crippen LogP contribution is -2.48. The Hall–Kier alpha value is -2.40. The van der Waals surface area contributed by atoms with Crippen LogP contribution < -0.4 is 33.2 Å². The molecule has 0 unspecified atom stereocenters. The van der Waals surface area contributed by atoms with Gasteiger partial charge in [0.15, 0.2) is 5.96 Å². The number of aliphatic carboxylic acids is 1. The van der Waals surface area contributed by atoms with Crippen LogP contribution in [0.2, 0.25) is 0 Å². The molecular weight excluding hydrogens is 330 g/mol. The fourth-order valence-electron chi connectivity index (χ4n) is 1.97. The molecule has 0 heterocycles. The Kier molecular flexibility index (Phi) is 11.7. The van der Waals surface area contributed by atoms with Crippen LogP contribution in [-0.4, -0.2) is 60.6 Å². The highest BCUT2D eigenvalue weighted by Crippen LogP contribution is 2.00. The van der Waals surface area contributed by atoms with Crippen molar-refractivity contribution < 1.29 is 19.5 Å². The van der Waals surface area contributed by atoms with Gasteiger partial charge in [-0.1, -0.05) is 0 Å². The van der Waals surface area contributed by atoms with Gasteiger partial charge in [0, 0.05) is 6.54 Å². The summed E-state index contributed by atoms with van der Waals surface area (Å²) in [6.45, 7) is 0.523. The van der Waals surface area contributed by atoms with Crippen molar-refractivity contribution in [2.75, 3.05) is 19.6 Å². The molecule has 0 aliphatic heterocycles. The van der Waals surface area contributed by atoms with Crippen LogP contribution >= 0.6 is 0 Å². The highest BCUT2D eigenvalue weighted by Gasteiger charge is 2.20. The van der Waals surface area contributed by atoms with Crippen molar-refractivity contribution in [3.05, 3.63) is 0 Å². The van der Waals surface area contributed by atoms with E-state index in [1.165, 1.54) is 0 Å². The Balaban J connectivity index is 4.09. The Bertz CT molecular complexity index is 458. The number of rotatable bonds is 13. The zero-order valence-corrected chi connectivity index (χ0v) is 14.2. The predicted octanol–water partition coefficient (Wildman–Crippen LogP) is -2.61. The van der Waals surface area contributed by atoms with Gasteiger partial charge in [-0.3, -0.25) is 15.0 Å². The standard InChI is InChI=1S/C14H29N7O4/c15-6-2-1-5-10(13(24)25)21-11(22)8-20-12(23)9(16)4-3-7-19-14(17)18/h9-10H,1-8,15-16H2,(H,20,23)(H,21,22)(H,24,25)(H4,17,18,19)/t9-,10-/m0/s1. The predicted molar refractivity (Wildman–Crippen MR) is 92.6 cm³/mol. The summed E-state index contributed by atoms with van der Waals surface area (Å²) in [5.41, 5.74) is 16.2. The largest absolute Gasteiger partial charge is 0.480 e. The minimum atomic E-state index is -1.13. The van der Waals surface area contributed by atoms with Gasteiger partial charge in [-0.2, -0.15) is 0 Å². The number of carbonyl (C=O) groups excluding carboxylic acids is 2. The van der Waals surface area contributed by atoms with Crippen LogP contribution in [-0.2, 0) is 14.4 Å². The first-order valence-electron chi connectivity index (χ1n) is 8.11. The molecule has 2 amide bonds. The number of carboxylic acids is 1. The first-order valence-corrected chi connectivity index (χ1v) is 8.11. The second-order valence-electron chi connectivity index (χ2n) is 5.55. The number of hydrogen-bond donors (Lipinski definition) is 8. The Morgan fingerprint density at radius 2 is 1.76 bits per heavy atom. The molecule has 0 spiro atoms. The van der Waals surface area contributed by atoms with Crippen molar-refractivity contribution in [3.63, 3.8) is 0 Å². The molecule has 11 heteroatoms. The maximum absolute atomic E-state index is 11.8. The summed E-state index contributed by atoms with van der Waals surface area (Å²) in [5.74, 6) is -2.40. The van der Waals surface area contributed by atoms with Gasteiger partial charge in [-0.15, -0.1) is 0 Å². The summed E-state index contributed by atoms with van der Waals surface area (Å²) in [5, 5.41) is 23.4. The lowest BCUT2D eigenvalue weighted by Gasteiger charge is -2.16. The summed E-state index contributed by atoms with van der Waals surface area (Å²) in [6.07, 6.45) is 2.41. The molecule has 2 atom stereocenters. The second kappa shape index (κ2) is 13.0. The minimum Gasteiger partial charge on any atom is -0.480 e. The summed E-state index contributed by atoms with van der Waals surface area (Å²) >= 11 is 0. The molecule has 0 aliphatic rings. The van der Waals surface area contributed by atoms with Gasteiger partial charge < -0.3 is 38.3 Å². The van der Waals surface area contributed by atoms with Crippen LogP contribution in [0.3, 0.4) is 0 Å². The monoisotopic (exact) mass is 359 g/mol. The van der Waals surface area contributed by atoms with E-state index >= 15 is 0 Å². The summed E-state index contributed by atoms with van der Waals surface area (Å²) in [4.78, 5) is 34.6. The molecule has 0 aliphatic carbocycles. The maximum Gasteiger partial charge on any atom is 0.326 e. The molecule has 0 saturated heterocycles. The smallest absolute Gasteiger partial charge is 0.326 e. The zero-order chi connectivity index (χ0) is 19.2. The fourth-order valence-corrected chi connectivity index (χ4v) is 1.97. The summed E-state index contributed by atoms with van der Waals surface area (Å²) in [6, 6.07) is -1.82. The first kappa shape index (κ1) is 22.6. The van der Waals surface area contributed by atoms with Gasteiger partial charge in [0.1, 0.15) is 6.04 Å². The van der Waals surface area contributed by atoms with Gasteiger partial charge >= 0.3 is 5.97 Å². The van der Waals surface area contributed by atoms with E-state index in [9.17, 15) is 14.4 Å². The third kappa shape index (κ3) is 11.7. The molecule has 0 aromatic rings. The van der Waals surface area contributed by atoms with E-state index in [1.807, 2.05) is 0 Å². The van der Waals surface area contributed by atoms with Crippen LogP contribution in [0, 0.1) is 5.41 Å². The molecule has 0 fully saturated rings. The Morgan fingerprint density at radius 1 is 1.08 bits per heavy atom. The van der Waals surface area contributed by atoms with E-state index in [-0.39, 0.29) is 18.9 Å². The summed E-state index contributed by atoms with van der Waals surface area (Å²) in [7, 11) is 0. The Labute approximate surface area is 146 Å². The van der Waals surface area contributed by atoms with E-state index in [1.54, 1.807) is 0 Å². The number of amides is 2. The van der Waals surface area contributed by atoms with Crippen molar-refractivity contribution in [2.45, 2.75) is 44.2 Å². The normalized spacial score (nSPS) is 12.7. The molecule has 144 valence electrons. The van der Waals surface area contributed by atoms with Crippen LogP contribution in [0.4, 0.5) is 0 Å². The highest BCUT2D eigenvalue weighted by molar-refractivity contribution is 5.89. The lowest BCUT2D eigenvalue weighted by atomic mass is 10.1. The third-order valence-electron chi connectivity index (χ3n) is 3.35. The number of carbonyl (C=O) groups is 3. The number of nitrogens with one attached hydrogen (secondary N) is 4. The molecule has 0 aromatic heterocycles. The molecule has 25 heavy (non-hydrogen) atoms. The van der Waals surface area contributed by atoms with Crippen LogP contribution in [0.5, 0.6) is 0 Å². The van der Waals surface area contributed by atoms with Crippen LogP contribution in [0.25, 0.3) is 0 Å². The van der Waals surface area contributed by atoms with E-state index in [0.717, 1.165) is 0 Å². The molecule has 0 rings (SSSR count). The van der Waals surface area contributed by atoms with Crippen molar-refractivity contribution in [2.24, 2.45) is 17.2 Å². The molecule has 0 saturated carbocycles. The van der Waals surface area contributed by atoms with Crippen LogP contribution in [0.15, 0.2) is 0 Å². The number of carboxylic acid groups (broad SMARTS) is 1. The van der Waals surface area contributed by atoms with Gasteiger partial charge in [0.2, 0.25) is 11.8 Å². The van der Waals surface area contributed by atoms with Gasteiger partial charge in [0.05, 0.1) is 12.6 Å². The van der Waals surface area contributed by atoms with E-state index in [0.29, 0.717) is 38.8 Å². The zero-order valence-electron chi connectivity index (χ0n) is 14.2. The highest BCUT2D eigenvalue weighted by atomic mass is 16.4. The topological polar surface area (TPSA) is 209 Å². The van der Waals surface area contributed by atoms with Crippen LogP contribution in [0.1, 0.15) is 32.1 Å². The van der Waals surface area contributed by atoms with E-state index < -0.39 is 29.9 Å². The van der Waals surface area contributed by atoms with Gasteiger partial charge in [-0.25, -0.2) is 4.79 Å². The average molecular weight is 359 g/mol. The minimum absolute atomic E-state index is 0.158. The second-order valence-corrected chi connectivity index (χ2v) is 5.55. The number of unbranched alkanes of at least 4 members (excludes halogenated alkanes) is 1. The quantitative estimate of drug-likeness (QED) is 0.0989. The van der Waals surface area contributed by atoms with E-state index in [4.69, 9.17) is 27.7 Å². The van der Waals surface area contributed by atoms with Crippen molar-refractivity contribution in [1.82, 2.24) is 16.0 Å². The fraction of sp³-hybridized carbons (Fsp3) is 0.714. The maximum atomic E-state index is 11.8. The number of guanidine groups is 1. The van der Waals surface area contributed by atoms with E-state index in [2.05, 4.69) is 16.0 Å². The molecule has 0 radical (unpaired) electrons. The average Bonchev–Trinajstić information content (AvgIpc) is 2.55. The SMILES string of the molecule is N=C(N)NCCC[C@H](N)C(=O)NCC(=O)N[C@@H](CCCCN)C(=O)O. The number of nitrogens with two attached hydrogens (primary N) is 3. The van der Waals surface area contributed by atoms with Crippen molar-refractivity contribution in [1.29, 1.82) is 5.41 Å². The third-order valence-corrected chi connectivity index (χ3v) is 3.35. The molecule has 11 N–H and O–H groups in total. The Morgan fingerprint density at radius 3 is 2.32 bits per heavy atom. The molecular formula is C14H29N7O4. The van der Waals surface area contributed by atoms with Gasteiger partial charge in [-0.05, 0) is 38.6 Å². The lowest BCUT2D eigenvalue weighted by molar-refractivity contribution is -0.142. The molecule has 11 nitrogen and oxygen atoms in total. The van der Waals surface area contributed by atoms with Crippen molar-refractivity contribution in [3.8, 4) is 0 Å². The van der Waals surface area contributed by atoms with Crippen molar-refractivity contribution >= 4 is 23.7 Å². The molecule has 0 aromatic carbocycles. The van der Waals surface area contributed by atoms with Gasteiger partial charge in [0.25, 0.3) is 0 Å². The number of hydrogen-bond acceptors (Lipinski definition) is 6. The first-order chi connectivity index (χ1) is 11.8. The summed E-state index contributed by atoms with van der Waals surface area (Å²) < 4.78 is 0. The molecule has 0 bridgehead atoms.